The van der Waals surface area contributed by atoms with E-state index in [0.29, 0.717) is 11.8 Å². The predicted octanol–water partition coefficient (Wildman–Crippen LogP) is 4.08. The van der Waals surface area contributed by atoms with Gasteiger partial charge in [0.05, 0.1) is 17.8 Å². The lowest BCUT2D eigenvalue weighted by atomic mass is 9.49. The van der Waals surface area contributed by atoms with Crippen LogP contribution in [0, 0.1) is 23.2 Å². The zero-order chi connectivity index (χ0) is 17.6. The van der Waals surface area contributed by atoms with Gasteiger partial charge in [-0.3, -0.25) is 9.78 Å². The molecule has 1 N–H and O–H groups in total. The van der Waals surface area contributed by atoms with Crippen LogP contribution < -0.4 is 5.32 Å². The Labute approximate surface area is 158 Å². The van der Waals surface area contributed by atoms with Gasteiger partial charge in [-0.25, -0.2) is 4.98 Å². The summed E-state index contributed by atoms with van der Waals surface area (Å²) in [5, 5.41) is 6.11. The highest BCUT2D eigenvalue weighted by atomic mass is 32.1. The Kier molecular flexibility index (Phi) is 4.07. The number of nitrogens with one attached hydrogen (secondary N) is 1. The van der Waals surface area contributed by atoms with E-state index in [-0.39, 0.29) is 5.91 Å². The average molecular weight is 368 g/mol. The zero-order valence-corrected chi connectivity index (χ0v) is 15.8. The van der Waals surface area contributed by atoms with Gasteiger partial charge in [0, 0.05) is 18.1 Å². The predicted molar refractivity (Wildman–Crippen MR) is 103 cm³/mol. The molecule has 0 saturated heterocycles. The summed E-state index contributed by atoms with van der Waals surface area (Å²) in [6.45, 7) is 0.868. The van der Waals surface area contributed by atoms with E-state index in [1.54, 1.807) is 17.5 Å². The molecule has 4 aliphatic rings. The summed E-state index contributed by atoms with van der Waals surface area (Å²) < 4.78 is 0. The van der Waals surface area contributed by atoms with Crippen LogP contribution in [0.5, 0.6) is 0 Å². The van der Waals surface area contributed by atoms with E-state index >= 15 is 0 Å². The number of hydrogen-bond acceptors (Lipinski definition) is 4. The second-order valence-corrected chi connectivity index (χ2v) is 9.59. The van der Waals surface area contributed by atoms with Crippen molar-refractivity contribution in [3.8, 4) is 10.7 Å². The molecule has 2 heterocycles. The number of carbonyl (C=O) groups excluding carboxylic acids is 1. The van der Waals surface area contributed by atoms with Crippen LogP contribution in [0.3, 0.4) is 0 Å². The number of hydrogen-bond donors (Lipinski definition) is 1. The molecule has 0 radical (unpaired) electrons. The standard InChI is InChI=1S/C21H25N3OS/c25-19(8-17-12-26-20(24-17)18-3-1-2-4-22-18)23-13-21-9-14-5-15(10-21)7-16(6-14)11-21/h1-4,12,14-16H,5-11,13H2,(H,23,25). The summed E-state index contributed by atoms with van der Waals surface area (Å²) in [6.07, 6.45) is 10.5. The van der Waals surface area contributed by atoms with Crippen molar-refractivity contribution in [3.05, 3.63) is 35.5 Å². The maximum atomic E-state index is 12.5. The van der Waals surface area contributed by atoms with Crippen molar-refractivity contribution < 1.29 is 4.79 Å². The molecule has 2 aromatic rings. The van der Waals surface area contributed by atoms with Gasteiger partial charge in [0.15, 0.2) is 0 Å². The van der Waals surface area contributed by atoms with E-state index in [1.807, 2.05) is 23.6 Å². The van der Waals surface area contributed by atoms with Crippen molar-refractivity contribution in [2.45, 2.75) is 44.9 Å². The van der Waals surface area contributed by atoms with Crippen molar-refractivity contribution in [2.75, 3.05) is 6.54 Å². The molecule has 136 valence electrons. The van der Waals surface area contributed by atoms with E-state index in [2.05, 4.69) is 15.3 Å². The second kappa shape index (κ2) is 6.45. The van der Waals surface area contributed by atoms with Crippen molar-refractivity contribution >= 4 is 17.2 Å². The van der Waals surface area contributed by atoms with Crippen LogP contribution >= 0.6 is 11.3 Å². The smallest absolute Gasteiger partial charge is 0.226 e. The van der Waals surface area contributed by atoms with Crippen molar-refractivity contribution in [2.24, 2.45) is 23.2 Å². The van der Waals surface area contributed by atoms with E-state index in [4.69, 9.17) is 0 Å². The van der Waals surface area contributed by atoms with Crippen molar-refractivity contribution in [1.82, 2.24) is 15.3 Å². The summed E-state index contributed by atoms with van der Waals surface area (Å²) in [4.78, 5) is 21.4. The Balaban J connectivity index is 1.19. The van der Waals surface area contributed by atoms with Crippen LogP contribution in [-0.4, -0.2) is 22.4 Å². The molecule has 1 amide bonds. The SMILES string of the molecule is O=C(Cc1csc(-c2ccccn2)n1)NCC12CC3CC(CC(C3)C1)C2. The Morgan fingerprint density at radius 3 is 2.54 bits per heavy atom. The van der Waals surface area contributed by atoms with Crippen molar-refractivity contribution in [1.29, 1.82) is 0 Å². The van der Waals surface area contributed by atoms with Crippen LogP contribution in [-0.2, 0) is 11.2 Å². The highest BCUT2D eigenvalue weighted by Gasteiger charge is 2.50. The molecule has 6 rings (SSSR count). The molecule has 4 nitrogen and oxygen atoms in total. The highest BCUT2D eigenvalue weighted by molar-refractivity contribution is 7.13. The van der Waals surface area contributed by atoms with Crippen LogP contribution in [0.2, 0.25) is 0 Å². The monoisotopic (exact) mass is 367 g/mol. The first-order valence-electron chi connectivity index (χ1n) is 9.80. The third-order valence-corrected chi connectivity index (χ3v) is 7.52. The Hall–Kier alpha value is -1.75. The van der Waals surface area contributed by atoms with Gasteiger partial charge >= 0.3 is 0 Å². The fraction of sp³-hybridized carbons (Fsp3) is 0.571. The Bertz CT molecular complexity index is 765. The van der Waals surface area contributed by atoms with Gasteiger partial charge in [0.25, 0.3) is 0 Å². The number of thiazole rings is 1. The third kappa shape index (κ3) is 3.18. The van der Waals surface area contributed by atoms with Gasteiger partial charge in [0.2, 0.25) is 5.91 Å². The minimum Gasteiger partial charge on any atom is -0.355 e. The number of amides is 1. The van der Waals surface area contributed by atoms with Gasteiger partial charge in [-0.2, -0.15) is 0 Å². The summed E-state index contributed by atoms with van der Waals surface area (Å²) in [6, 6.07) is 5.81. The van der Waals surface area contributed by atoms with E-state index in [9.17, 15) is 4.79 Å². The number of pyridine rings is 1. The van der Waals surface area contributed by atoms with Crippen LogP contribution in [0.1, 0.15) is 44.2 Å². The van der Waals surface area contributed by atoms with Gasteiger partial charge in [-0.1, -0.05) is 6.07 Å². The molecule has 2 aromatic heterocycles. The van der Waals surface area contributed by atoms with Gasteiger partial charge in [0.1, 0.15) is 5.01 Å². The maximum absolute atomic E-state index is 12.5. The fourth-order valence-corrected chi connectivity index (χ4v) is 6.81. The third-order valence-electron chi connectivity index (χ3n) is 6.60. The summed E-state index contributed by atoms with van der Waals surface area (Å²) >= 11 is 1.56. The van der Waals surface area contributed by atoms with Gasteiger partial charge in [-0.15, -0.1) is 11.3 Å². The highest BCUT2D eigenvalue weighted by Crippen LogP contribution is 2.59. The quantitative estimate of drug-likeness (QED) is 0.866. The summed E-state index contributed by atoms with van der Waals surface area (Å²) in [7, 11) is 0. The minimum absolute atomic E-state index is 0.110. The lowest BCUT2D eigenvalue weighted by Crippen LogP contribution is -2.51. The zero-order valence-electron chi connectivity index (χ0n) is 15.0. The number of aromatic nitrogens is 2. The minimum atomic E-state index is 0.110. The maximum Gasteiger partial charge on any atom is 0.226 e. The molecule has 26 heavy (non-hydrogen) atoms. The van der Waals surface area contributed by atoms with E-state index in [1.165, 1.54) is 38.5 Å². The van der Waals surface area contributed by atoms with Gasteiger partial charge in [-0.05, 0) is 73.8 Å². The molecule has 0 spiro atoms. The van der Waals surface area contributed by atoms with Crippen LogP contribution in [0.4, 0.5) is 0 Å². The molecule has 0 unspecified atom stereocenters. The van der Waals surface area contributed by atoms with Crippen LogP contribution in [0.25, 0.3) is 10.7 Å². The molecule has 4 saturated carbocycles. The Morgan fingerprint density at radius 1 is 1.15 bits per heavy atom. The number of nitrogens with zero attached hydrogens (tertiary/aromatic N) is 2. The molecular formula is C21H25N3OS. The molecule has 0 aromatic carbocycles. The van der Waals surface area contributed by atoms with Crippen molar-refractivity contribution in [3.63, 3.8) is 0 Å². The molecule has 5 heteroatoms. The first-order valence-corrected chi connectivity index (χ1v) is 10.7. The van der Waals surface area contributed by atoms with E-state index in [0.717, 1.165) is 40.7 Å². The first-order chi connectivity index (χ1) is 12.7. The fourth-order valence-electron chi connectivity index (χ4n) is 6.01. The summed E-state index contributed by atoms with van der Waals surface area (Å²) in [5.74, 6) is 2.89. The number of carbonyl (C=O) groups is 1. The Morgan fingerprint density at radius 2 is 1.88 bits per heavy atom. The van der Waals surface area contributed by atoms with Crippen LogP contribution in [0.15, 0.2) is 29.8 Å². The molecule has 4 bridgehead atoms. The number of rotatable bonds is 5. The largest absolute Gasteiger partial charge is 0.355 e. The van der Waals surface area contributed by atoms with E-state index < -0.39 is 0 Å². The molecule has 4 fully saturated rings. The van der Waals surface area contributed by atoms with Gasteiger partial charge < -0.3 is 5.32 Å². The molecule has 4 aliphatic carbocycles. The first kappa shape index (κ1) is 16.4. The molecule has 0 atom stereocenters. The lowest BCUT2D eigenvalue weighted by Gasteiger charge is -2.56. The molecular weight excluding hydrogens is 342 g/mol. The summed E-state index contributed by atoms with van der Waals surface area (Å²) in [5.41, 5.74) is 2.11. The normalized spacial score (nSPS) is 31.9. The molecule has 0 aliphatic heterocycles. The lowest BCUT2D eigenvalue weighted by molar-refractivity contribution is -0.122. The average Bonchev–Trinajstić information content (AvgIpc) is 3.08. The topological polar surface area (TPSA) is 54.9 Å². The second-order valence-electron chi connectivity index (χ2n) is 8.73.